The molecule has 0 N–H and O–H groups in total. The predicted octanol–water partition coefficient (Wildman–Crippen LogP) is 0.809. The van der Waals surface area contributed by atoms with Crippen molar-refractivity contribution in [3.63, 3.8) is 0 Å². The molecule has 6 nitrogen and oxygen atoms in total. The van der Waals surface area contributed by atoms with Crippen LogP contribution in [0, 0.1) is 0 Å². The Kier molecular flexibility index (Phi) is 4.18. The summed E-state index contributed by atoms with van der Waals surface area (Å²) < 4.78 is 26.8. The van der Waals surface area contributed by atoms with Gasteiger partial charge in [-0.25, -0.2) is 4.79 Å². The topological polar surface area (TPSA) is 72.9 Å². The summed E-state index contributed by atoms with van der Waals surface area (Å²) in [6.07, 6.45) is 1.06. The predicted molar refractivity (Wildman–Crippen MR) is 67.8 cm³/mol. The van der Waals surface area contributed by atoms with Gasteiger partial charge in [-0.1, -0.05) is 18.2 Å². The fraction of sp³-hybridized carbons (Fsp3) is 0.417. The molecule has 0 aromatic heterocycles. The summed E-state index contributed by atoms with van der Waals surface area (Å²) in [5, 5.41) is 1.42. The summed E-state index contributed by atoms with van der Waals surface area (Å²) in [7, 11) is -3.48. The molecule has 104 valence electrons. The van der Waals surface area contributed by atoms with Crippen LogP contribution in [0.1, 0.15) is 16.8 Å². The molecule has 2 rings (SSSR count). The van der Waals surface area contributed by atoms with Crippen LogP contribution in [0.15, 0.2) is 30.3 Å². The van der Waals surface area contributed by atoms with Crippen LogP contribution in [-0.2, 0) is 19.1 Å². The average molecular weight is 285 g/mol. The maximum atomic E-state index is 11.8. The van der Waals surface area contributed by atoms with Crippen LogP contribution in [0.3, 0.4) is 0 Å². The van der Waals surface area contributed by atoms with Gasteiger partial charge in [0.25, 0.3) is 10.1 Å². The Labute approximate surface area is 112 Å². The summed E-state index contributed by atoms with van der Waals surface area (Å²) in [5.74, 6) is -0.458. The number of carbonyl (C=O) groups excluding carboxylic acids is 1. The van der Waals surface area contributed by atoms with Gasteiger partial charge in [0, 0.05) is 6.54 Å². The van der Waals surface area contributed by atoms with Gasteiger partial charge in [-0.3, -0.25) is 4.18 Å². The first-order chi connectivity index (χ1) is 8.94. The molecule has 0 spiro atoms. The monoisotopic (exact) mass is 285 g/mol. The van der Waals surface area contributed by atoms with Gasteiger partial charge < -0.3 is 4.84 Å². The van der Waals surface area contributed by atoms with Crippen molar-refractivity contribution in [3.05, 3.63) is 35.9 Å². The van der Waals surface area contributed by atoms with E-state index in [4.69, 9.17) is 9.02 Å². The highest BCUT2D eigenvalue weighted by Crippen LogP contribution is 2.16. The van der Waals surface area contributed by atoms with E-state index in [1.54, 1.807) is 24.3 Å². The number of hydrogen-bond donors (Lipinski definition) is 0. The molecule has 1 aromatic rings. The minimum absolute atomic E-state index is 0.256. The van der Waals surface area contributed by atoms with Gasteiger partial charge in [0.15, 0.2) is 0 Å². The van der Waals surface area contributed by atoms with Crippen LogP contribution < -0.4 is 0 Å². The molecule has 1 aromatic carbocycles. The van der Waals surface area contributed by atoms with Crippen LogP contribution in [0.25, 0.3) is 0 Å². The summed E-state index contributed by atoms with van der Waals surface area (Å²) in [6, 6.07) is 8.61. The van der Waals surface area contributed by atoms with Crippen molar-refractivity contribution in [1.82, 2.24) is 5.06 Å². The van der Waals surface area contributed by atoms with Crippen LogP contribution >= 0.6 is 0 Å². The fourth-order valence-corrected chi connectivity index (χ4v) is 2.50. The van der Waals surface area contributed by atoms with E-state index >= 15 is 0 Å². The second kappa shape index (κ2) is 5.68. The molecule has 1 unspecified atom stereocenters. The zero-order valence-corrected chi connectivity index (χ0v) is 11.3. The third-order valence-corrected chi connectivity index (χ3v) is 3.26. The minimum Gasteiger partial charge on any atom is -0.364 e. The summed E-state index contributed by atoms with van der Waals surface area (Å²) in [5.41, 5.74) is 0.454. The van der Waals surface area contributed by atoms with E-state index in [1.165, 1.54) is 5.06 Å². The first kappa shape index (κ1) is 14.0. The van der Waals surface area contributed by atoms with E-state index in [-0.39, 0.29) is 6.54 Å². The summed E-state index contributed by atoms with van der Waals surface area (Å²) in [6.45, 7) is 0.713. The highest BCUT2D eigenvalue weighted by Gasteiger charge is 2.29. The largest absolute Gasteiger partial charge is 0.364 e. The Morgan fingerprint density at radius 1 is 1.32 bits per heavy atom. The van der Waals surface area contributed by atoms with Crippen LogP contribution in [0.2, 0.25) is 0 Å². The number of hydrogen-bond acceptors (Lipinski definition) is 6. The molecule has 7 heteroatoms. The minimum atomic E-state index is -3.48. The van der Waals surface area contributed by atoms with Crippen molar-refractivity contribution in [3.8, 4) is 0 Å². The molecule has 1 aliphatic rings. The smallest absolute Gasteiger partial charge is 0.357 e. The van der Waals surface area contributed by atoms with Gasteiger partial charge in [-0.15, -0.1) is 5.06 Å². The molecule has 0 saturated carbocycles. The molecule has 1 aliphatic heterocycles. The molecule has 1 atom stereocenters. The molecule has 19 heavy (non-hydrogen) atoms. The normalized spacial score (nSPS) is 20.4. The van der Waals surface area contributed by atoms with Crippen molar-refractivity contribution in [2.45, 2.75) is 12.5 Å². The number of carbonyl (C=O) groups is 1. The Balaban J connectivity index is 1.87. The maximum absolute atomic E-state index is 11.8. The van der Waals surface area contributed by atoms with E-state index in [0.29, 0.717) is 18.5 Å². The molecule has 1 saturated heterocycles. The molecule has 1 heterocycles. The Morgan fingerprint density at radius 3 is 2.63 bits per heavy atom. The lowest BCUT2D eigenvalue weighted by Gasteiger charge is -2.15. The quantitative estimate of drug-likeness (QED) is 0.762. The third-order valence-electron chi connectivity index (χ3n) is 2.64. The van der Waals surface area contributed by atoms with Crippen molar-refractivity contribution < 1.29 is 22.2 Å². The van der Waals surface area contributed by atoms with Gasteiger partial charge in [0.05, 0.1) is 24.5 Å². The molecule has 1 fully saturated rings. The van der Waals surface area contributed by atoms with Gasteiger partial charge in [0.2, 0.25) is 0 Å². The average Bonchev–Trinajstić information content (AvgIpc) is 2.75. The first-order valence-electron chi connectivity index (χ1n) is 5.84. The van der Waals surface area contributed by atoms with E-state index < -0.39 is 22.2 Å². The van der Waals surface area contributed by atoms with Gasteiger partial charge in [-0.05, 0) is 18.6 Å². The fourth-order valence-electron chi connectivity index (χ4n) is 1.85. The lowest BCUT2D eigenvalue weighted by atomic mass is 10.2. The van der Waals surface area contributed by atoms with Crippen molar-refractivity contribution in [1.29, 1.82) is 0 Å². The van der Waals surface area contributed by atoms with E-state index in [0.717, 1.165) is 6.26 Å². The molecule has 0 bridgehead atoms. The van der Waals surface area contributed by atoms with Crippen molar-refractivity contribution in [2.75, 3.05) is 19.3 Å². The van der Waals surface area contributed by atoms with Crippen LogP contribution in [0.5, 0.6) is 0 Å². The van der Waals surface area contributed by atoms with E-state index in [1.807, 2.05) is 6.07 Å². The Bertz CT molecular complexity index is 542. The maximum Gasteiger partial charge on any atom is 0.357 e. The highest BCUT2D eigenvalue weighted by atomic mass is 32.2. The molecular weight excluding hydrogens is 270 g/mol. The molecule has 0 aliphatic carbocycles. The molecular formula is C12H15NO5S. The number of nitrogens with zero attached hydrogens (tertiary/aromatic N) is 1. The second-order valence-electron chi connectivity index (χ2n) is 4.34. The lowest BCUT2D eigenvalue weighted by Crippen LogP contribution is -2.27. The van der Waals surface area contributed by atoms with Gasteiger partial charge in [-0.2, -0.15) is 8.42 Å². The van der Waals surface area contributed by atoms with Crippen molar-refractivity contribution in [2.24, 2.45) is 0 Å². The Morgan fingerprint density at radius 2 is 2.00 bits per heavy atom. The Hall–Kier alpha value is -1.44. The number of benzene rings is 1. The zero-order chi connectivity index (χ0) is 13.9. The highest BCUT2D eigenvalue weighted by molar-refractivity contribution is 7.86. The van der Waals surface area contributed by atoms with Gasteiger partial charge in [0.1, 0.15) is 0 Å². The standard InChI is InChI=1S/C12H15NO5S/c1-19(15,16)18-11-7-8-13(9-11)17-12(14)10-5-3-2-4-6-10/h2-6,11H,7-9H2,1H3. The van der Waals surface area contributed by atoms with Crippen molar-refractivity contribution >= 4 is 16.1 Å². The SMILES string of the molecule is CS(=O)(=O)OC1CCN(OC(=O)c2ccccc2)C1. The first-order valence-corrected chi connectivity index (χ1v) is 7.66. The summed E-state index contributed by atoms with van der Waals surface area (Å²) in [4.78, 5) is 16.9. The van der Waals surface area contributed by atoms with Crippen LogP contribution in [0.4, 0.5) is 0 Å². The zero-order valence-electron chi connectivity index (χ0n) is 10.5. The molecule has 0 amide bonds. The van der Waals surface area contributed by atoms with Gasteiger partial charge >= 0.3 is 5.97 Å². The molecule has 0 radical (unpaired) electrons. The second-order valence-corrected chi connectivity index (χ2v) is 5.94. The third kappa shape index (κ3) is 4.30. The summed E-state index contributed by atoms with van der Waals surface area (Å²) >= 11 is 0. The number of hydroxylamine groups is 2. The number of rotatable bonds is 4. The van der Waals surface area contributed by atoms with Crippen LogP contribution in [-0.4, -0.2) is 44.9 Å². The lowest BCUT2D eigenvalue weighted by molar-refractivity contribution is -0.0970. The van der Waals surface area contributed by atoms with E-state index in [9.17, 15) is 13.2 Å². The van der Waals surface area contributed by atoms with E-state index in [2.05, 4.69) is 0 Å².